The molecule has 0 aromatic rings. The Morgan fingerprint density at radius 2 is 2.00 bits per heavy atom. The standard InChI is InChI=1S/C17H32N2/c1-4-17(5-2)12-19(9-8-18-17)13(3)16-11-14-6-7-15(16)10-14/h13-16,18H,4-12H2,1-3H3. The molecule has 2 nitrogen and oxygen atoms in total. The average Bonchev–Trinajstić information content (AvgIpc) is 3.09. The molecule has 0 amide bonds. The Kier molecular flexibility index (Phi) is 3.92. The minimum atomic E-state index is 0.393. The molecule has 0 aromatic carbocycles. The first-order chi connectivity index (χ1) is 9.17. The van der Waals surface area contributed by atoms with E-state index in [0.29, 0.717) is 5.54 Å². The maximum absolute atomic E-state index is 3.80. The largest absolute Gasteiger partial charge is 0.309 e. The van der Waals surface area contributed by atoms with Crippen molar-refractivity contribution < 1.29 is 0 Å². The van der Waals surface area contributed by atoms with Gasteiger partial charge in [0.25, 0.3) is 0 Å². The fourth-order valence-electron chi connectivity index (χ4n) is 5.22. The lowest BCUT2D eigenvalue weighted by Gasteiger charge is -2.47. The molecule has 2 aliphatic carbocycles. The molecule has 1 N–H and O–H groups in total. The zero-order valence-electron chi connectivity index (χ0n) is 13.1. The molecule has 4 atom stereocenters. The van der Waals surface area contributed by atoms with Gasteiger partial charge in [-0.05, 0) is 56.8 Å². The highest BCUT2D eigenvalue weighted by molar-refractivity contribution is 4.99. The van der Waals surface area contributed by atoms with Crippen molar-refractivity contribution in [2.24, 2.45) is 17.8 Å². The van der Waals surface area contributed by atoms with Crippen LogP contribution in [0.1, 0.15) is 59.3 Å². The quantitative estimate of drug-likeness (QED) is 0.838. The van der Waals surface area contributed by atoms with E-state index in [1.54, 1.807) is 6.42 Å². The minimum Gasteiger partial charge on any atom is -0.309 e. The van der Waals surface area contributed by atoms with Crippen LogP contribution in [0.15, 0.2) is 0 Å². The second-order valence-corrected chi connectivity index (χ2v) is 7.46. The van der Waals surface area contributed by atoms with E-state index in [1.165, 1.54) is 51.7 Å². The summed E-state index contributed by atoms with van der Waals surface area (Å²) in [7, 11) is 0. The Morgan fingerprint density at radius 3 is 2.58 bits per heavy atom. The van der Waals surface area contributed by atoms with E-state index >= 15 is 0 Å². The highest BCUT2D eigenvalue weighted by Crippen LogP contribution is 2.50. The fraction of sp³-hybridized carbons (Fsp3) is 1.00. The van der Waals surface area contributed by atoms with Gasteiger partial charge in [-0.1, -0.05) is 20.3 Å². The van der Waals surface area contributed by atoms with Crippen LogP contribution in [-0.4, -0.2) is 36.1 Å². The number of piperazine rings is 1. The summed E-state index contributed by atoms with van der Waals surface area (Å²) in [6.45, 7) is 10.9. The first kappa shape index (κ1) is 13.9. The van der Waals surface area contributed by atoms with E-state index in [0.717, 1.165) is 23.8 Å². The molecule has 19 heavy (non-hydrogen) atoms. The summed E-state index contributed by atoms with van der Waals surface area (Å²) in [4.78, 5) is 2.81. The van der Waals surface area contributed by atoms with Crippen LogP contribution in [0.2, 0.25) is 0 Å². The number of fused-ring (bicyclic) bond motifs is 2. The lowest BCUT2D eigenvalue weighted by atomic mass is 9.81. The maximum Gasteiger partial charge on any atom is 0.0304 e. The van der Waals surface area contributed by atoms with E-state index < -0.39 is 0 Å². The zero-order valence-corrected chi connectivity index (χ0v) is 13.1. The second-order valence-electron chi connectivity index (χ2n) is 7.46. The third kappa shape index (κ3) is 2.47. The molecule has 0 aromatic heterocycles. The van der Waals surface area contributed by atoms with Crippen LogP contribution in [0.3, 0.4) is 0 Å². The van der Waals surface area contributed by atoms with Crippen LogP contribution in [0.4, 0.5) is 0 Å². The number of nitrogens with zero attached hydrogens (tertiary/aromatic N) is 1. The summed E-state index contributed by atoms with van der Waals surface area (Å²) in [6.07, 6.45) is 8.67. The molecule has 3 fully saturated rings. The molecule has 1 heterocycles. The summed E-state index contributed by atoms with van der Waals surface area (Å²) in [5.41, 5.74) is 0.393. The van der Waals surface area contributed by atoms with Crippen molar-refractivity contribution >= 4 is 0 Å². The van der Waals surface area contributed by atoms with E-state index in [4.69, 9.17) is 0 Å². The average molecular weight is 264 g/mol. The molecule has 3 rings (SSSR count). The number of nitrogens with one attached hydrogen (secondary N) is 1. The third-order valence-corrected chi connectivity index (χ3v) is 6.75. The molecule has 2 heteroatoms. The van der Waals surface area contributed by atoms with Gasteiger partial charge in [-0.3, -0.25) is 4.90 Å². The van der Waals surface area contributed by atoms with Crippen LogP contribution in [0, 0.1) is 17.8 Å². The number of hydrogen-bond acceptors (Lipinski definition) is 2. The molecule has 3 aliphatic rings. The van der Waals surface area contributed by atoms with Crippen molar-refractivity contribution in [3.8, 4) is 0 Å². The van der Waals surface area contributed by atoms with Gasteiger partial charge in [0, 0.05) is 31.2 Å². The van der Waals surface area contributed by atoms with Crippen molar-refractivity contribution in [1.29, 1.82) is 0 Å². The van der Waals surface area contributed by atoms with E-state index in [9.17, 15) is 0 Å². The molecular weight excluding hydrogens is 232 g/mol. The Balaban J connectivity index is 1.65. The SMILES string of the molecule is CCC1(CC)CN(C(C)C2CC3CCC2C3)CCN1. The van der Waals surface area contributed by atoms with Gasteiger partial charge in [0.1, 0.15) is 0 Å². The van der Waals surface area contributed by atoms with Gasteiger partial charge in [0.05, 0.1) is 0 Å². The van der Waals surface area contributed by atoms with E-state index in [2.05, 4.69) is 31.0 Å². The zero-order chi connectivity index (χ0) is 13.5. The second kappa shape index (κ2) is 5.37. The smallest absolute Gasteiger partial charge is 0.0304 e. The fourth-order valence-corrected chi connectivity index (χ4v) is 5.22. The highest BCUT2D eigenvalue weighted by Gasteiger charge is 2.44. The lowest BCUT2D eigenvalue weighted by molar-refractivity contribution is 0.0522. The van der Waals surface area contributed by atoms with Crippen LogP contribution in [-0.2, 0) is 0 Å². The maximum atomic E-state index is 3.80. The molecule has 0 radical (unpaired) electrons. The van der Waals surface area contributed by atoms with Gasteiger partial charge in [-0.25, -0.2) is 0 Å². The molecule has 1 aliphatic heterocycles. The summed E-state index contributed by atoms with van der Waals surface area (Å²) in [6, 6.07) is 0.815. The lowest BCUT2D eigenvalue weighted by Crippen LogP contribution is -2.62. The molecule has 110 valence electrons. The van der Waals surface area contributed by atoms with Gasteiger partial charge < -0.3 is 5.32 Å². The van der Waals surface area contributed by atoms with Crippen molar-refractivity contribution in [3.63, 3.8) is 0 Å². The Labute approximate surface area is 119 Å². The summed E-state index contributed by atoms with van der Waals surface area (Å²) < 4.78 is 0. The van der Waals surface area contributed by atoms with Gasteiger partial charge in [0.15, 0.2) is 0 Å². The monoisotopic (exact) mass is 264 g/mol. The highest BCUT2D eigenvalue weighted by atomic mass is 15.2. The summed E-state index contributed by atoms with van der Waals surface area (Å²) in [5.74, 6) is 3.15. The van der Waals surface area contributed by atoms with Crippen LogP contribution < -0.4 is 5.32 Å². The van der Waals surface area contributed by atoms with Gasteiger partial charge in [-0.2, -0.15) is 0 Å². The van der Waals surface area contributed by atoms with Crippen molar-refractivity contribution in [1.82, 2.24) is 10.2 Å². The Hall–Kier alpha value is -0.0800. The van der Waals surface area contributed by atoms with E-state index in [1.807, 2.05) is 0 Å². The molecular formula is C17H32N2. The minimum absolute atomic E-state index is 0.393. The molecule has 0 spiro atoms. The number of hydrogen-bond donors (Lipinski definition) is 1. The predicted molar refractivity (Wildman–Crippen MR) is 81.3 cm³/mol. The predicted octanol–water partition coefficient (Wildman–Crippen LogP) is 3.28. The van der Waals surface area contributed by atoms with Gasteiger partial charge >= 0.3 is 0 Å². The van der Waals surface area contributed by atoms with Crippen LogP contribution in [0.25, 0.3) is 0 Å². The topological polar surface area (TPSA) is 15.3 Å². The summed E-state index contributed by atoms with van der Waals surface area (Å²) in [5, 5.41) is 3.80. The normalized spacial score (nSPS) is 39.6. The first-order valence-corrected chi connectivity index (χ1v) is 8.66. The Morgan fingerprint density at radius 1 is 1.21 bits per heavy atom. The third-order valence-electron chi connectivity index (χ3n) is 6.75. The molecule has 2 bridgehead atoms. The molecule has 1 saturated heterocycles. The van der Waals surface area contributed by atoms with Crippen LogP contribution >= 0.6 is 0 Å². The first-order valence-electron chi connectivity index (χ1n) is 8.66. The Bertz CT molecular complexity index is 310. The van der Waals surface area contributed by atoms with Crippen molar-refractivity contribution in [2.45, 2.75) is 70.9 Å². The van der Waals surface area contributed by atoms with Gasteiger partial charge in [-0.15, -0.1) is 0 Å². The van der Waals surface area contributed by atoms with Crippen LogP contribution in [0.5, 0.6) is 0 Å². The van der Waals surface area contributed by atoms with Crippen molar-refractivity contribution in [2.75, 3.05) is 19.6 Å². The van der Waals surface area contributed by atoms with Gasteiger partial charge in [0.2, 0.25) is 0 Å². The van der Waals surface area contributed by atoms with E-state index in [-0.39, 0.29) is 0 Å². The summed E-state index contributed by atoms with van der Waals surface area (Å²) >= 11 is 0. The van der Waals surface area contributed by atoms with Crippen molar-refractivity contribution in [3.05, 3.63) is 0 Å². The molecule has 4 unspecified atom stereocenters. The number of rotatable bonds is 4. The molecule has 2 saturated carbocycles.